The van der Waals surface area contributed by atoms with E-state index in [1.165, 1.54) is 0 Å². The first-order valence-electron chi connectivity index (χ1n) is 5.64. The monoisotopic (exact) mass is 369 g/mol. The summed E-state index contributed by atoms with van der Waals surface area (Å²) in [6, 6.07) is 0.00570. The van der Waals surface area contributed by atoms with Gasteiger partial charge >= 0.3 is 5.97 Å². The van der Waals surface area contributed by atoms with E-state index in [1.807, 2.05) is 0 Å². The number of hydrogen-bond donors (Lipinski definition) is 1. The van der Waals surface area contributed by atoms with Crippen LogP contribution in [0.3, 0.4) is 0 Å². The number of halogens is 3. The Morgan fingerprint density at radius 3 is 2.60 bits per heavy atom. The molecular weight excluding hydrogens is 360 g/mol. The zero-order valence-corrected chi connectivity index (χ0v) is 12.4. The van der Waals surface area contributed by atoms with E-state index in [1.54, 1.807) is 0 Å². The minimum Gasteiger partial charge on any atom is -0.480 e. The molecule has 0 aliphatic carbocycles. The van der Waals surface area contributed by atoms with Gasteiger partial charge in [-0.05, 0) is 40.9 Å². The molecule has 110 valence electrons. The van der Waals surface area contributed by atoms with Gasteiger partial charge in [0.1, 0.15) is 22.6 Å². The number of aliphatic carboxylic acids is 1. The van der Waals surface area contributed by atoms with Crippen molar-refractivity contribution in [2.45, 2.75) is 23.8 Å². The smallest absolute Gasteiger partial charge is 0.322 e. The Hall–Kier alpha value is -1.06. The second kappa shape index (κ2) is 5.38. The van der Waals surface area contributed by atoms with Crippen LogP contribution in [0.4, 0.5) is 8.78 Å². The summed E-state index contributed by atoms with van der Waals surface area (Å²) in [4.78, 5) is 10.2. The summed E-state index contributed by atoms with van der Waals surface area (Å²) in [7, 11) is -4.39. The van der Waals surface area contributed by atoms with Gasteiger partial charge in [-0.1, -0.05) is 0 Å². The summed E-state index contributed by atoms with van der Waals surface area (Å²) in [5, 5.41) is 8.98. The molecule has 0 aromatic heterocycles. The summed E-state index contributed by atoms with van der Waals surface area (Å²) >= 11 is 2.75. The summed E-state index contributed by atoms with van der Waals surface area (Å²) in [5.74, 6) is -3.37. The van der Waals surface area contributed by atoms with Crippen LogP contribution >= 0.6 is 15.9 Å². The largest absolute Gasteiger partial charge is 0.480 e. The number of nitrogens with zero attached hydrogens (tertiary/aromatic N) is 1. The fraction of sp³-hybridized carbons (Fsp3) is 0.364. The first kappa shape index (κ1) is 15.3. The lowest BCUT2D eigenvalue weighted by Crippen LogP contribution is -2.40. The third kappa shape index (κ3) is 2.57. The Kier molecular flexibility index (Phi) is 4.12. The Morgan fingerprint density at radius 1 is 1.35 bits per heavy atom. The first-order valence-corrected chi connectivity index (χ1v) is 7.87. The Bertz CT molecular complexity index is 665. The van der Waals surface area contributed by atoms with Crippen LogP contribution < -0.4 is 0 Å². The molecule has 0 unspecified atom stereocenters. The zero-order chi connectivity index (χ0) is 15.1. The minimum absolute atomic E-state index is 0.0313. The summed E-state index contributed by atoms with van der Waals surface area (Å²) in [6.45, 7) is -0.0313. The number of rotatable bonds is 3. The molecule has 1 aliphatic rings. The second-order valence-electron chi connectivity index (χ2n) is 4.31. The molecule has 0 saturated carbocycles. The van der Waals surface area contributed by atoms with E-state index >= 15 is 0 Å². The van der Waals surface area contributed by atoms with E-state index in [2.05, 4.69) is 15.9 Å². The molecule has 1 aromatic carbocycles. The van der Waals surface area contributed by atoms with Gasteiger partial charge in [0.15, 0.2) is 0 Å². The molecule has 0 spiro atoms. The lowest BCUT2D eigenvalue weighted by atomic mass is 10.2. The van der Waals surface area contributed by atoms with Crippen LogP contribution in [0.15, 0.2) is 21.5 Å². The molecule has 0 radical (unpaired) electrons. The van der Waals surface area contributed by atoms with Crippen LogP contribution in [-0.4, -0.2) is 36.4 Å². The summed E-state index contributed by atoms with van der Waals surface area (Å²) < 4.78 is 52.2. The minimum atomic E-state index is -4.39. The molecule has 20 heavy (non-hydrogen) atoms. The lowest BCUT2D eigenvalue weighted by Gasteiger charge is -2.21. The number of benzene rings is 1. The van der Waals surface area contributed by atoms with Gasteiger partial charge in [0.25, 0.3) is 0 Å². The van der Waals surface area contributed by atoms with Crippen molar-refractivity contribution in [2.24, 2.45) is 0 Å². The molecule has 1 aliphatic heterocycles. The highest BCUT2D eigenvalue weighted by molar-refractivity contribution is 9.10. The quantitative estimate of drug-likeness (QED) is 0.826. The van der Waals surface area contributed by atoms with Crippen molar-refractivity contribution in [2.75, 3.05) is 6.54 Å². The highest BCUT2D eigenvalue weighted by Crippen LogP contribution is 2.30. The summed E-state index contributed by atoms with van der Waals surface area (Å²) in [5.41, 5.74) is 0. The van der Waals surface area contributed by atoms with Crippen LogP contribution in [0.1, 0.15) is 12.8 Å². The van der Waals surface area contributed by atoms with Gasteiger partial charge in [0, 0.05) is 6.54 Å². The molecular formula is C11H10BrF2NO4S. The van der Waals surface area contributed by atoms with Crippen LogP contribution in [0.25, 0.3) is 0 Å². The molecule has 1 aromatic rings. The third-order valence-electron chi connectivity index (χ3n) is 3.05. The zero-order valence-electron chi connectivity index (χ0n) is 10.0. The number of carbonyl (C=O) groups is 1. The lowest BCUT2D eigenvalue weighted by molar-refractivity contribution is -0.140. The topological polar surface area (TPSA) is 74.7 Å². The Balaban J connectivity index is 2.50. The molecule has 1 atom stereocenters. The molecule has 5 nitrogen and oxygen atoms in total. The highest BCUT2D eigenvalue weighted by Gasteiger charge is 2.40. The second-order valence-corrected chi connectivity index (χ2v) is 7.02. The molecule has 0 bridgehead atoms. The van der Waals surface area contributed by atoms with E-state index in [0.29, 0.717) is 22.9 Å². The molecule has 1 fully saturated rings. The van der Waals surface area contributed by atoms with E-state index in [-0.39, 0.29) is 17.4 Å². The van der Waals surface area contributed by atoms with Gasteiger partial charge in [-0.25, -0.2) is 17.2 Å². The molecule has 1 N–H and O–H groups in total. The fourth-order valence-corrected chi connectivity index (χ4v) is 4.13. The number of carboxylic acid groups (broad SMARTS) is 1. The predicted octanol–water partition coefficient (Wildman–Crippen LogP) is 1.96. The normalized spacial score (nSPS) is 20.2. The maximum absolute atomic E-state index is 13.8. The van der Waals surface area contributed by atoms with E-state index < -0.39 is 38.6 Å². The van der Waals surface area contributed by atoms with Crippen molar-refractivity contribution in [3.05, 3.63) is 28.2 Å². The van der Waals surface area contributed by atoms with Crippen LogP contribution in [0.2, 0.25) is 0 Å². The first-order chi connectivity index (χ1) is 9.25. The number of hydrogen-bond acceptors (Lipinski definition) is 3. The number of carboxylic acids is 1. The van der Waals surface area contributed by atoms with Gasteiger partial charge < -0.3 is 5.11 Å². The SMILES string of the molecule is O=C(O)[C@H]1CCCN1S(=O)(=O)c1cc(F)c(Br)cc1F. The Morgan fingerprint density at radius 2 is 2.00 bits per heavy atom. The summed E-state index contributed by atoms with van der Waals surface area (Å²) in [6.07, 6.45) is 0.506. The number of sulfonamides is 1. The molecule has 1 heterocycles. The van der Waals surface area contributed by atoms with Crippen LogP contribution in [0, 0.1) is 11.6 Å². The van der Waals surface area contributed by atoms with Crippen molar-refractivity contribution < 1.29 is 27.1 Å². The maximum Gasteiger partial charge on any atom is 0.322 e. The standard InChI is InChI=1S/C11H10BrF2NO4S/c12-6-4-8(14)10(5-7(6)13)20(18,19)15-3-1-2-9(15)11(16)17/h4-5,9H,1-3H2,(H,16,17)/t9-/m1/s1. The van der Waals surface area contributed by atoms with Crippen LogP contribution in [-0.2, 0) is 14.8 Å². The van der Waals surface area contributed by atoms with Gasteiger partial charge in [-0.3, -0.25) is 4.79 Å². The van der Waals surface area contributed by atoms with Crippen molar-refractivity contribution in [1.82, 2.24) is 4.31 Å². The Labute approximate surface area is 122 Å². The van der Waals surface area contributed by atoms with Crippen molar-refractivity contribution in [3.8, 4) is 0 Å². The molecule has 1 saturated heterocycles. The van der Waals surface area contributed by atoms with Crippen molar-refractivity contribution in [1.29, 1.82) is 0 Å². The molecule has 9 heteroatoms. The van der Waals surface area contributed by atoms with Gasteiger partial charge in [-0.15, -0.1) is 0 Å². The third-order valence-corrected chi connectivity index (χ3v) is 5.58. The van der Waals surface area contributed by atoms with Crippen molar-refractivity contribution in [3.63, 3.8) is 0 Å². The van der Waals surface area contributed by atoms with E-state index in [9.17, 15) is 22.0 Å². The van der Waals surface area contributed by atoms with Crippen molar-refractivity contribution >= 4 is 31.9 Å². The average molecular weight is 370 g/mol. The highest BCUT2D eigenvalue weighted by atomic mass is 79.9. The predicted molar refractivity (Wildman–Crippen MR) is 68.6 cm³/mol. The average Bonchev–Trinajstić information content (AvgIpc) is 2.83. The van der Waals surface area contributed by atoms with Crippen LogP contribution in [0.5, 0.6) is 0 Å². The molecule has 2 rings (SSSR count). The maximum atomic E-state index is 13.8. The molecule has 0 amide bonds. The fourth-order valence-electron chi connectivity index (χ4n) is 2.10. The van der Waals surface area contributed by atoms with E-state index in [4.69, 9.17) is 5.11 Å². The van der Waals surface area contributed by atoms with Gasteiger partial charge in [0.05, 0.1) is 4.47 Å². The van der Waals surface area contributed by atoms with E-state index in [0.717, 1.165) is 0 Å². The van der Waals surface area contributed by atoms with Gasteiger partial charge in [0.2, 0.25) is 10.0 Å². The van der Waals surface area contributed by atoms with Gasteiger partial charge in [-0.2, -0.15) is 4.31 Å².